The van der Waals surface area contributed by atoms with Gasteiger partial charge in [-0.15, -0.1) is 0 Å². The normalized spacial score (nSPS) is 14.8. The summed E-state index contributed by atoms with van der Waals surface area (Å²) < 4.78 is 24.8. The second-order valence-corrected chi connectivity index (χ2v) is 19.5. The molecular formula is C25H57N6OP2SSe. The first-order chi connectivity index (χ1) is 16.2. The number of rotatable bonds is 15. The van der Waals surface area contributed by atoms with Gasteiger partial charge < -0.3 is 0 Å². The molecule has 0 aromatic heterocycles. The number of hydrazone groups is 1. The summed E-state index contributed by atoms with van der Waals surface area (Å²) in [5.74, 6) is 0. The van der Waals surface area contributed by atoms with Gasteiger partial charge in [-0.2, -0.15) is 0 Å². The molecule has 0 aliphatic carbocycles. The monoisotopic (exact) mass is 631 g/mol. The SMILES string of the molecule is CC(C)N(C(C)C)P(=O)(N/N=C(\[Se])P(=S)(N(C(C)C)C(C)C)N(C(C)C)C(C)C)N(C(C)C)C(C)C. The minimum absolute atomic E-state index is 0.0662. The minimum atomic E-state index is -3.30. The van der Waals surface area contributed by atoms with Crippen molar-refractivity contribution in [1.29, 1.82) is 0 Å². The summed E-state index contributed by atoms with van der Waals surface area (Å²) >= 11 is 9.90. The summed E-state index contributed by atoms with van der Waals surface area (Å²) in [6, 6.07) is 1.18. The molecule has 36 heavy (non-hydrogen) atoms. The quantitative estimate of drug-likeness (QED) is 0.0914. The number of nitrogens with zero attached hydrogens (tertiary/aromatic N) is 5. The fraction of sp³-hybridized carbons (Fsp3) is 0.960. The van der Waals surface area contributed by atoms with Crippen LogP contribution in [0.25, 0.3) is 0 Å². The Morgan fingerprint density at radius 1 is 0.583 bits per heavy atom. The van der Waals surface area contributed by atoms with E-state index in [0.29, 0.717) is 0 Å². The first-order valence-corrected chi connectivity index (χ1v) is 18.7. The Kier molecular flexibility index (Phi) is 15.2. The Bertz CT molecular complexity index is 721. The van der Waals surface area contributed by atoms with Crippen molar-refractivity contribution in [3.05, 3.63) is 0 Å². The first kappa shape index (κ1) is 36.7. The van der Waals surface area contributed by atoms with Gasteiger partial charge >= 0.3 is 239 Å². The number of hydrogen-bond donors (Lipinski definition) is 1. The van der Waals surface area contributed by atoms with Crippen molar-refractivity contribution in [2.75, 3.05) is 0 Å². The summed E-state index contributed by atoms with van der Waals surface area (Å²) in [6.07, 6.45) is -2.52. The third kappa shape index (κ3) is 8.35. The summed E-state index contributed by atoms with van der Waals surface area (Å²) in [4.78, 5) is 0. The molecule has 0 unspecified atom stereocenters. The van der Waals surface area contributed by atoms with Gasteiger partial charge in [-0.25, -0.2) is 0 Å². The number of nitrogens with one attached hydrogen (secondary N) is 1. The summed E-state index contributed by atoms with van der Waals surface area (Å²) in [5, 5.41) is 8.20. The zero-order valence-corrected chi connectivity index (χ0v) is 30.3. The molecule has 0 aromatic rings. The molecule has 0 aliphatic heterocycles. The first-order valence-electron chi connectivity index (χ1n) is 13.6. The standard InChI is InChI=1S/C25H57N6OP2SSe/c1-17(2)28(18(3)4)33(35,29(19(5)6)20(7)8)25(36)26-27-34(32,30(21(9)10)22(11)12)31(23(13)14)24(15)16/h17-24H,1-16H3,(H,27,32)/b26-25-. The van der Waals surface area contributed by atoms with E-state index in [-0.39, 0.29) is 48.3 Å². The molecular weight excluding hydrogens is 573 g/mol. The summed E-state index contributed by atoms with van der Waals surface area (Å²) in [7, 11) is -3.30. The summed E-state index contributed by atoms with van der Waals surface area (Å²) in [6.45, 7) is 34.4. The van der Waals surface area contributed by atoms with Gasteiger partial charge in [0, 0.05) is 0 Å². The van der Waals surface area contributed by atoms with Crippen molar-refractivity contribution in [3.8, 4) is 0 Å². The van der Waals surface area contributed by atoms with Crippen molar-refractivity contribution in [1.82, 2.24) is 23.9 Å². The maximum atomic E-state index is 15.1. The Morgan fingerprint density at radius 3 is 1.00 bits per heavy atom. The molecule has 1 radical (unpaired) electrons. The van der Waals surface area contributed by atoms with Crippen LogP contribution in [0.4, 0.5) is 0 Å². The molecule has 1 N–H and O–H groups in total. The van der Waals surface area contributed by atoms with Gasteiger partial charge in [-0.3, -0.25) is 0 Å². The molecule has 215 valence electrons. The molecule has 0 heterocycles. The topological polar surface area (TPSA) is 54.4 Å². The Balaban J connectivity index is 7.23. The molecule has 0 rings (SSSR count). The van der Waals surface area contributed by atoms with E-state index in [1.807, 2.05) is 0 Å². The molecule has 0 fully saturated rings. The van der Waals surface area contributed by atoms with Crippen molar-refractivity contribution in [3.63, 3.8) is 0 Å². The molecule has 0 saturated heterocycles. The summed E-state index contributed by atoms with van der Waals surface area (Å²) in [5.41, 5.74) is 0. The van der Waals surface area contributed by atoms with Crippen LogP contribution in [-0.4, -0.2) is 87.4 Å². The van der Waals surface area contributed by atoms with Crippen LogP contribution >= 0.6 is 13.9 Å². The zero-order chi connectivity index (χ0) is 28.9. The van der Waals surface area contributed by atoms with Crippen LogP contribution < -0.4 is 5.20 Å². The van der Waals surface area contributed by atoms with Crippen LogP contribution in [0.3, 0.4) is 0 Å². The van der Waals surface area contributed by atoms with E-state index in [4.69, 9.17) is 16.9 Å². The van der Waals surface area contributed by atoms with E-state index < -0.39 is 13.9 Å². The van der Waals surface area contributed by atoms with E-state index in [0.717, 1.165) is 4.35 Å². The zero-order valence-electron chi connectivity index (χ0n) is 26.0. The van der Waals surface area contributed by atoms with Gasteiger partial charge in [-0.05, 0) is 0 Å². The van der Waals surface area contributed by atoms with Crippen LogP contribution in [0, 0.1) is 0 Å². The molecule has 0 aromatic carbocycles. The predicted molar refractivity (Wildman–Crippen MR) is 167 cm³/mol. The average molecular weight is 631 g/mol. The molecule has 0 saturated carbocycles. The van der Waals surface area contributed by atoms with E-state index in [9.17, 15) is 0 Å². The molecule has 11 heteroatoms. The fourth-order valence-corrected chi connectivity index (χ4v) is 16.0. The van der Waals surface area contributed by atoms with Crippen molar-refractivity contribution < 1.29 is 4.57 Å². The van der Waals surface area contributed by atoms with Crippen LogP contribution in [0.2, 0.25) is 0 Å². The third-order valence-corrected chi connectivity index (χ3v) is 17.4. The van der Waals surface area contributed by atoms with Gasteiger partial charge in [0.2, 0.25) is 0 Å². The number of hydrogen-bond acceptors (Lipinski definition) is 3. The van der Waals surface area contributed by atoms with Gasteiger partial charge in [-0.1, -0.05) is 0 Å². The average Bonchev–Trinajstić information content (AvgIpc) is 2.63. The maximum absolute atomic E-state index is 15.1. The molecule has 0 atom stereocenters. The van der Waals surface area contributed by atoms with Crippen LogP contribution in [0.1, 0.15) is 111 Å². The molecule has 7 nitrogen and oxygen atoms in total. The van der Waals surface area contributed by atoms with Crippen LogP contribution in [-0.2, 0) is 16.4 Å². The second kappa shape index (κ2) is 14.9. The molecule has 0 aliphatic rings. The Morgan fingerprint density at radius 2 is 0.806 bits per heavy atom. The van der Waals surface area contributed by atoms with Gasteiger partial charge in [0.15, 0.2) is 0 Å². The van der Waals surface area contributed by atoms with Crippen molar-refractivity contribution in [2.24, 2.45) is 5.10 Å². The van der Waals surface area contributed by atoms with E-state index in [1.54, 1.807) is 0 Å². The van der Waals surface area contributed by atoms with Gasteiger partial charge in [0.05, 0.1) is 0 Å². The third-order valence-electron chi connectivity index (χ3n) is 6.01. The van der Waals surface area contributed by atoms with Gasteiger partial charge in [0.25, 0.3) is 0 Å². The van der Waals surface area contributed by atoms with Crippen LogP contribution in [0.15, 0.2) is 5.10 Å². The fourth-order valence-electron chi connectivity index (χ4n) is 5.60. The molecule has 0 bridgehead atoms. The predicted octanol–water partition coefficient (Wildman–Crippen LogP) is 6.91. The Labute approximate surface area is 238 Å². The molecule has 0 spiro atoms. The van der Waals surface area contributed by atoms with Gasteiger partial charge in [0.1, 0.15) is 0 Å². The second-order valence-electron chi connectivity index (χ2n) is 11.9. The van der Waals surface area contributed by atoms with Crippen molar-refractivity contribution >= 4 is 46.1 Å². The van der Waals surface area contributed by atoms with Crippen LogP contribution in [0.5, 0.6) is 0 Å². The molecule has 0 amide bonds. The Hall–Kier alpha value is 0.709. The van der Waals surface area contributed by atoms with Crippen molar-refractivity contribution in [2.45, 2.75) is 159 Å². The van der Waals surface area contributed by atoms with E-state index >= 15 is 4.57 Å². The van der Waals surface area contributed by atoms with E-state index in [1.165, 1.54) is 0 Å². The van der Waals surface area contributed by atoms with E-state index in [2.05, 4.69) is 151 Å².